The first-order valence-electron chi connectivity index (χ1n) is 7.27. The number of carbonyl (C=O) groups excluding carboxylic acids is 1. The molecule has 0 radical (unpaired) electrons. The van der Waals surface area contributed by atoms with Gasteiger partial charge >= 0.3 is 5.97 Å². The van der Waals surface area contributed by atoms with Gasteiger partial charge in [-0.25, -0.2) is 0 Å². The van der Waals surface area contributed by atoms with E-state index in [1.54, 1.807) is 0 Å². The zero-order chi connectivity index (χ0) is 16.2. The SMILES string of the molecule is CCCC(=O)OC(O)(c1nsnc1N1CCOCC1)[C@@H](C)O. The highest BCUT2D eigenvalue weighted by molar-refractivity contribution is 6.99. The molecule has 9 heteroatoms. The van der Waals surface area contributed by atoms with Gasteiger partial charge in [0.2, 0.25) is 0 Å². The number of ether oxygens (including phenoxy) is 2. The van der Waals surface area contributed by atoms with Crippen LogP contribution in [0, 0.1) is 0 Å². The average molecular weight is 331 g/mol. The molecule has 1 fully saturated rings. The Morgan fingerprint density at radius 3 is 2.77 bits per heavy atom. The summed E-state index contributed by atoms with van der Waals surface area (Å²) in [5.74, 6) is -2.37. The number of carbonyl (C=O) groups is 1. The van der Waals surface area contributed by atoms with E-state index in [0.717, 1.165) is 11.7 Å². The van der Waals surface area contributed by atoms with Crippen molar-refractivity contribution in [1.82, 2.24) is 8.75 Å². The van der Waals surface area contributed by atoms with Crippen LogP contribution in [0.4, 0.5) is 5.82 Å². The fourth-order valence-corrected chi connectivity index (χ4v) is 2.77. The van der Waals surface area contributed by atoms with Crippen molar-refractivity contribution >= 4 is 23.5 Å². The van der Waals surface area contributed by atoms with Crippen LogP contribution in [0.25, 0.3) is 0 Å². The van der Waals surface area contributed by atoms with Crippen LogP contribution in [0.1, 0.15) is 32.4 Å². The van der Waals surface area contributed by atoms with Crippen LogP contribution in [-0.2, 0) is 20.1 Å². The molecule has 0 bridgehead atoms. The van der Waals surface area contributed by atoms with E-state index in [-0.39, 0.29) is 12.1 Å². The van der Waals surface area contributed by atoms with Crippen LogP contribution in [0.5, 0.6) is 0 Å². The zero-order valence-electron chi connectivity index (χ0n) is 12.7. The molecule has 2 atom stereocenters. The molecule has 0 aromatic carbocycles. The van der Waals surface area contributed by atoms with Crippen molar-refractivity contribution in [2.45, 2.75) is 38.6 Å². The standard InChI is InChI=1S/C13H21N3O5S/c1-3-4-10(18)21-13(19,9(2)17)11-12(15-22-14-11)16-5-7-20-8-6-16/h9,17,19H,3-8H2,1-2H3/t9-,13?/m1/s1. The van der Waals surface area contributed by atoms with Crippen LogP contribution in [0.2, 0.25) is 0 Å². The van der Waals surface area contributed by atoms with E-state index in [1.807, 2.05) is 11.8 Å². The van der Waals surface area contributed by atoms with Crippen molar-refractivity contribution in [3.63, 3.8) is 0 Å². The lowest BCUT2D eigenvalue weighted by Crippen LogP contribution is -2.45. The van der Waals surface area contributed by atoms with Crippen molar-refractivity contribution in [1.29, 1.82) is 0 Å². The number of morpholine rings is 1. The number of hydrogen-bond acceptors (Lipinski definition) is 9. The Kier molecular flexibility index (Phi) is 5.68. The van der Waals surface area contributed by atoms with Crippen molar-refractivity contribution in [3.8, 4) is 0 Å². The monoisotopic (exact) mass is 331 g/mol. The molecule has 0 amide bonds. The number of aliphatic hydroxyl groups excluding tert-OH is 1. The second-order valence-corrected chi connectivity index (χ2v) is 5.66. The minimum Gasteiger partial charge on any atom is -0.424 e. The molecule has 124 valence electrons. The molecule has 0 aliphatic carbocycles. The third-order valence-corrected chi connectivity index (χ3v) is 3.93. The Balaban J connectivity index is 2.28. The third kappa shape index (κ3) is 3.54. The summed E-state index contributed by atoms with van der Waals surface area (Å²) in [5, 5.41) is 20.7. The Hall–Kier alpha value is -1.29. The van der Waals surface area contributed by atoms with Crippen LogP contribution in [0.15, 0.2) is 0 Å². The van der Waals surface area contributed by atoms with Gasteiger partial charge < -0.3 is 24.6 Å². The van der Waals surface area contributed by atoms with Crippen molar-refractivity contribution < 1.29 is 24.5 Å². The number of aliphatic hydroxyl groups is 2. The number of anilines is 1. The highest BCUT2D eigenvalue weighted by Gasteiger charge is 2.45. The first-order valence-corrected chi connectivity index (χ1v) is 8.00. The predicted octanol–water partition coefficient (Wildman–Crippen LogP) is 0.244. The van der Waals surface area contributed by atoms with E-state index in [0.29, 0.717) is 38.5 Å². The van der Waals surface area contributed by atoms with E-state index in [2.05, 4.69) is 8.75 Å². The maximum atomic E-state index is 11.8. The Bertz CT molecular complexity index is 504. The molecule has 1 aliphatic heterocycles. The molecule has 8 nitrogen and oxygen atoms in total. The van der Waals surface area contributed by atoms with Crippen LogP contribution in [-0.4, -0.2) is 57.3 Å². The minimum absolute atomic E-state index is 0.0684. The number of rotatable bonds is 6. The number of hydrogen-bond donors (Lipinski definition) is 2. The molecule has 2 N–H and O–H groups in total. The maximum Gasteiger partial charge on any atom is 0.308 e. The van der Waals surface area contributed by atoms with Crippen molar-refractivity contribution in [2.24, 2.45) is 0 Å². The second-order valence-electron chi connectivity index (χ2n) is 5.13. The number of aromatic nitrogens is 2. The van der Waals surface area contributed by atoms with E-state index >= 15 is 0 Å². The molecule has 0 saturated carbocycles. The summed E-state index contributed by atoms with van der Waals surface area (Å²) in [4.78, 5) is 13.7. The summed E-state index contributed by atoms with van der Waals surface area (Å²) in [7, 11) is 0. The molecule has 1 aromatic heterocycles. The van der Waals surface area contributed by atoms with Gasteiger partial charge in [0.1, 0.15) is 6.10 Å². The first kappa shape index (κ1) is 17.1. The molecule has 1 saturated heterocycles. The lowest BCUT2D eigenvalue weighted by Gasteiger charge is -2.33. The highest BCUT2D eigenvalue weighted by Crippen LogP contribution is 2.34. The Morgan fingerprint density at radius 1 is 1.50 bits per heavy atom. The quantitative estimate of drug-likeness (QED) is 0.564. The topological polar surface area (TPSA) is 105 Å². The number of esters is 1. The van der Waals surface area contributed by atoms with Gasteiger partial charge in [0.05, 0.1) is 24.9 Å². The molecule has 1 unspecified atom stereocenters. The molecule has 2 heterocycles. The minimum atomic E-state index is -2.20. The lowest BCUT2D eigenvalue weighted by atomic mass is 10.1. The number of nitrogens with zero attached hydrogens (tertiary/aromatic N) is 3. The molecular formula is C13H21N3O5S. The smallest absolute Gasteiger partial charge is 0.308 e. The van der Waals surface area contributed by atoms with Gasteiger partial charge in [-0.15, -0.1) is 0 Å². The molecule has 0 spiro atoms. The fourth-order valence-electron chi connectivity index (χ4n) is 2.15. The molecule has 22 heavy (non-hydrogen) atoms. The molecular weight excluding hydrogens is 310 g/mol. The van der Waals surface area contributed by atoms with E-state index in [1.165, 1.54) is 6.92 Å². The normalized spacial score (nSPS) is 19.5. The average Bonchev–Trinajstić information content (AvgIpc) is 2.98. The van der Waals surface area contributed by atoms with Crippen molar-refractivity contribution in [3.05, 3.63) is 5.69 Å². The maximum absolute atomic E-state index is 11.8. The van der Waals surface area contributed by atoms with Gasteiger partial charge in [-0.3, -0.25) is 4.79 Å². The summed E-state index contributed by atoms with van der Waals surface area (Å²) in [6.45, 7) is 5.45. The summed E-state index contributed by atoms with van der Waals surface area (Å²) in [6, 6.07) is 0. The lowest BCUT2D eigenvalue weighted by molar-refractivity contribution is -0.253. The second kappa shape index (κ2) is 7.32. The Morgan fingerprint density at radius 2 is 2.18 bits per heavy atom. The van der Waals surface area contributed by atoms with Gasteiger partial charge in [0, 0.05) is 19.5 Å². The van der Waals surface area contributed by atoms with E-state index < -0.39 is 17.9 Å². The molecule has 2 rings (SSSR count). The van der Waals surface area contributed by atoms with Gasteiger partial charge in [-0.2, -0.15) is 8.75 Å². The van der Waals surface area contributed by atoms with Gasteiger partial charge in [0.25, 0.3) is 5.79 Å². The summed E-state index contributed by atoms with van der Waals surface area (Å²) >= 11 is 0.900. The predicted molar refractivity (Wildman–Crippen MR) is 79.5 cm³/mol. The summed E-state index contributed by atoms with van der Waals surface area (Å²) < 4.78 is 18.7. The molecule has 1 aromatic rings. The Labute approximate surface area is 133 Å². The van der Waals surface area contributed by atoms with Gasteiger partial charge in [-0.05, 0) is 13.3 Å². The van der Waals surface area contributed by atoms with Crippen LogP contribution in [0.3, 0.4) is 0 Å². The molecule has 1 aliphatic rings. The van der Waals surface area contributed by atoms with E-state index in [9.17, 15) is 15.0 Å². The third-order valence-electron chi connectivity index (χ3n) is 3.41. The fraction of sp³-hybridized carbons (Fsp3) is 0.769. The van der Waals surface area contributed by atoms with Gasteiger partial charge in [0.15, 0.2) is 11.5 Å². The van der Waals surface area contributed by atoms with Crippen LogP contribution >= 0.6 is 11.7 Å². The summed E-state index contributed by atoms with van der Waals surface area (Å²) in [5.41, 5.74) is 0.0684. The van der Waals surface area contributed by atoms with Gasteiger partial charge in [-0.1, -0.05) is 6.92 Å². The zero-order valence-corrected chi connectivity index (χ0v) is 13.5. The van der Waals surface area contributed by atoms with Crippen molar-refractivity contribution in [2.75, 3.05) is 31.2 Å². The first-order chi connectivity index (χ1) is 10.5. The highest BCUT2D eigenvalue weighted by atomic mass is 32.1. The van der Waals surface area contributed by atoms with E-state index in [4.69, 9.17) is 9.47 Å². The summed E-state index contributed by atoms with van der Waals surface area (Å²) in [6.07, 6.45) is -0.600. The van der Waals surface area contributed by atoms with Crippen LogP contribution < -0.4 is 4.90 Å². The largest absolute Gasteiger partial charge is 0.424 e.